The van der Waals surface area contributed by atoms with Crippen molar-refractivity contribution in [2.75, 3.05) is 5.32 Å². The van der Waals surface area contributed by atoms with E-state index in [4.69, 9.17) is 4.74 Å². The van der Waals surface area contributed by atoms with E-state index in [2.05, 4.69) is 80.3 Å². The van der Waals surface area contributed by atoms with E-state index in [9.17, 15) is 0 Å². The van der Waals surface area contributed by atoms with Crippen molar-refractivity contribution in [3.05, 3.63) is 90.0 Å². The van der Waals surface area contributed by atoms with Crippen molar-refractivity contribution >= 4 is 11.3 Å². The van der Waals surface area contributed by atoms with Gasteiger partial charge in [0.1, 0.15) is 5.75 Å². The Morgan fingerprint density at radius 3 is 2.48 bits per heavy atom. The summed E-state index contributed by atoms with van der Waals surface area (Å²) in [5.74, 6) is 0.938. The Hall–Kier alpha value is -3.00. The van der Waals surface area contributed by atoms with Crippen LogP contribution >= 0.6 is 0 Å². The molecule has 0 spiro atoms. The van der Waals surface area contributed by atoms with Crippen LogP contribution in [-0.2, 0) is 0 Å². The largest absolute Gasteiger partial charge is 0.480 e. The molecule has 2 aliphatic rings. The number of fused-ring (bicyclic) bond motifs is 5. The van der Waals surface area contributed by atoms with Gasteiger partial charge >= 0.3 is 0 Å². The Kier molecular flexibility index (Phi) is 3.45. The predicted octanol–water partition coefficient (Wildman–Crippen LogP) is 6.44. The molecule has 27 heavy (non-hydrogen) atoms. The summed E-state index contributed by atoms with van der Waals surface area (Å²) >= 11 is 0. The molecule has 3 aromatic carbocycles. The molecule has 134 valence electrons. The Labute approximate surface area is 160 Å². The highest BCUT2D eigenvalue weighted by Crippen LogP contribution is 2.51. The number of anilines is 1. The summed E-state index contributed by atoms with van der Waals surface area (Å²) in [4.78, 5) is 0. The first-order valence-electron chi connectivity index (χ1n) is 9.48. The van der Waals surface area contributed by atoms with E-state index in [0.29, 0.717) is 0 Å². The van der Waals surface area contributed by atoms with Gasteiger partial charge in [0.05, 0.1) is 0 Å². The van der Waals surface area contributed by atoms with Crippen LogP contribution in [0.25, 0.3) is 16.7 Å². The van der Waals surface area contributed by atoms with Crippen LogP contribution in [0.4, 0.5) is 5.69 Å². The zero-order valence-corrected chi connectivity index (χ0v) is 15.8. The summed E-state index contributed by atoms with van der Waals surface area (Å²) in [7, 11) is 0. The molecule has 2 heteroatoms. The molecular formula is C25H23NO. The zero-order chi connectivity index (χ0) is 18.6. The molecule has 5 rings (SSSR count). The summed E-state index contributed by atoms with van der Waals surface area (Å²) < 4.78 is 6.54. The summed E-state index contributed by atoms with van der Waals surface area (Å²) in [6, 6.07) is 23.2. The summed E-state index contributed by atoms with van der Waals surface area (Å²) in [6.07, 6.45) is 0.783. The number of hydrogen-bond donors (Lipinski definition) is 1. The van der Waals surface area contributed by atoms with Gasteiger partial charge in [-0.25, -0.2) is 0 Å². The van der Waals surface area contributed by atoms with Crippen LogP contribution in [0.15, 0.2) is 73.3 Å². The first kappa shape index (κ1) is 16.2. The van der Waals surface area contributed by atoms with Gasteiger partial charge in [0.2, 0.25) is 0 Å². The molecule has 0 unspecified atom stereocenters. The van der Waals surface area contributed by atoms with Crippen LogP contribution in [0.1, 0.15) is 43.1 Å². The lowest BCUT2D eigenvalue weighted by Gasteiger charge is -2.39. The first-order chi connectivity index (χ1) is 13.0. The van der Waals surface area contributed by atoms with Gasteiger partial charge in [-0.1, -0.05) is 61.2 Å². The third kappa shape index (κ3) is 2.56. The third-order valence-electron chi connectivity index (χ3n) is 5.51. The van der Waals surface area contributed by atoms with Gasteiger partial charge in [-0.15, -0.1) is 0 Å². The molecule has 0 radical (unpaired) electrons. The van der Waals surface area contributed by atoms with Crippen molar-refractivity contribution in [1.82, 2.24) is 0 Å². The molecule has 2 nitrogen and oxygen atoms in total. The molecule has 0 aliphatic carbocycles. The minimum absolute atomic E-state index is 0.00793. The molecule has 2 heterocycles. The fourth-order valence-corrected chi connectivity index (χ4v) is 4.48. The molecule has 0 aromatic heterocycles. The lowest BCUT2D eigenvalue weighted by molar-refractivity contribution is 0.243. The summed E-state index contributed by atoms with van der Waals surface area (Å²) in [6.45, 7) is 8.89. The van der Waals surface area contributed by atoms with E-state index in [0.717, 1.165) is 23.4 Å². The van der Waals surface area contributed by atoms with Crippen LogP contribution in [0.5, 0.6) is 5.75 Å². The van der Waals surface area contributed by atoms with E-state index in [1.165, 1.54) is 27.8 Å². The van der Waals surface area contributed by atoms with Crippen molar-refractivity contribution in [3.8, 4) is 16.9 Å². The molecule has 2 aliphatic heterocycles. The fourth-order valence-electron chi connectivity index (χ4n) is 4.48. The highest BCUT2D eigenvalue weighted by molar-refractivity contribution is 5.89. The van der Waals surface area contributed by atoms with Crippen molar-refractivity contribution in [2.24, 2.45) is 0 Å². The molecular weight excluding hydrogens is 330 g/mol. The average Bonchev–Trinajstić information content (AvgIpc) is 2.66. The Morgan fingerprint density at radius 2 is 1.67 bits per heavy atom. The average molecular weight is 353 g/mol. The lowest BCUT2D eigenvalue weighted by atomic mass is 9.78. The van der Waals surface area contributed by atoms with Crippen LogP contribution < -0.4 is 10.1 Å². The van der Waals surface area contributed by atoms with Gasteiger partial charge in [-0.05, 0) is 49.1 Å². The van der Waals surface area contributed by atoms with Gasteiger partial charge in [0.15, 0.2) is 6.10 Å². The SMILES string of the molecule is C=C1CC(C)(C)Nc2ccc3c(c21)[C@@H](c1ccccc1)Oc1ccccc1-3. The highest BCUT2D eigenvalue weighted by atomic mass is 16.5. The molecule has 0 saturated carbocycles. The second kappa shape index (κ2) is 5.75. The quantitative estimate of drug-likeness (QED) is 0.543. The zero-order valence-electron chi connectivity index (χ0n) is 15.8. The topological polar surface area (TPSA) is 21.3 Å². The third-order valence-corrected chi connectivity index (χ3v) is 5.51. The summed E-state index contributed by atoms with van der Waals surface area (Å²) in [5, 5.41) is 3.70. The van der Waals surface area contributed by atoms with Gasteiger partial charge < -0.3 is 10.1 Å². The number of para-hydroxylation sites is 1. The normalized spacial score (nSPS) is 19.2. The second-order valence-electron chi connectivity index (χ2n) is 8.14. The fraction of sp³-hybridized carbons (Fsp3) is 0.200. The molecule has 3 aromatic rings. The van der Waals surface area contributed by atoms with Crippen LogP contribution in [0.3, 0.4) is 0 Å². The van der Waals surface area contributed by atoms with Crippen molar-refractivity contribution in [2.45, 2.75) is 31.9 Å². The number of benzene rings is 3. The van der Waals surface area contributed by atoms with Crippen LogP contribution in [-0.4, -0.2) is 5.54 Å². The monoisotopic (exact) mass is 353 g/mol. The maximum atomic E-state index is 6.54. The van der Waals surface area contributed by atoms with Crippen LogP contribution in [0.2, 0.25) is 0 Å². The molecule has 1 atom stereocenters. The van der Waals surface area contributed by atoms with Crippen molar-refractivity contribution < 1.29 is 4.74 Å². The van der Waals surface area contributed by atoms with E-state index < -0.39 is 0 Å². The molecule has 0 amide bonds. The lowest BCUT2D eigenvalue weighted by Crippen LogP contribution is -2.35. The van der Waals surface area contributed by atoms with E-state index >= 15 is 0 Å². The van der Waals surface area contributed by atoms with Crippen molar-refractivity contribution in [3.63, 3.8) is 0 Å². The van der Waals surface area contributed by atoms with Gasteiger partial charge in [-0.2, -0.15) is 0 Å². The van der Waals surface area contributed by atoms with Crippen molar-refractivity contribution in [1.29, 1.82) is 0 Å². The molecule has 0 bridgehead atoms. The molecule has 1 N–H and O–H groups in total. The van der Waals surface area contributed by atoms with Crippen LogP contribution in [0, 0.1) is 0 Å². The van der Waals surface area contributed by atoms with E-state index in [-0.39, 0.29) is 11.6 Å². The maximum Gasteiger partial charge on any atom is 0.150 e. The first-order valence-corrected chi connectivity index (χ1v) is 9.48. The molecule has 0 saturated heterocycles. The number of nitrogens with one attached hydrogen (secondary N) is 1. The highest BCUT2D eigenvalue weighted by Gasteiger charge is 2.35. The van der Waals surface area contributed by atoms with E-state index in [1.54, 1.807) is 0 Å². The maximum absolute atomic E-state index is 6.54. The van der Waals surface area contributed by atoms with Gasteiger partial charge in [-0.3, -0.25) is 0 Å². The standard InChI is InChI=1S/C25H23NO/c1-16-15-25(2,3)26-20-14-13-19-18-11-7-8-12-21(18)27-24(23(19)22(16)20)17-9-5-4-6-10-17/h4-14,24,26H,1,15H2,2-3H3/t24-/m1/s1. The number of rotatable bonds is 1. The Bertz CT molecular complexity index is 1050. The summed E-state index contributed by atoms with van der Waals surface area (Å²) in [5.41, 5.74) is 8.34. The van der Waals surface area contributed by atoms with Gasteiger partial charge in [0.25, 0.3) is 0 Å². The van der Waals surface area contributed by atoms with E-state index in [1.807, 2.05) is 12.1 Å². The minimum atomic E-state index is -0.134. The number of hydrogen-bond acceptors (Lipinski definition) is 2. The van der Waals surface area contributed by atoms with Gasteiger partial charge in [0, 0.05) is 27.9 Å². The molecule has 0 fully saturated rings. The number of ether oxygens (including phenoxy) is 1. The Morgan fingerprint density at radius 1 is 0.926 bits per heavy atom. The smallest absolute Gasteiger partial charge is 0.150 e. The second-order valence-corrected chi connectivity index (χ2v) is 8.14. The predicted molar refractivity (Wildman–Crippen MR) is 112 cm³/mol. The Balaban J connectivity index is 1.80. The minimum Gasteiger partial charge on any atom is -0.480 e.